The van der Waals surface area contributed by atoms with Gasteiger partial charge in [-0.05, 0) is 24.6 Å². The molecule has 25 heavy (non-hydrogen) atoms. The lowest BCUT2D eigenvalue weighted by molar-refractivity contribution is 0.191. The average Bonchev–Trinajstić information content (AvgIpc) is 2.62. The van der Waals surface area contributed by atoms with Crippen molar-refractivity contribution in [1.29, 1.82) is 0 Å². The van der Waals surface area contributed by atoms with E-state index in [0.717, 1.165) is 10.0 Å². The summed E-state index contributed by atoms with van der Waals surface area (Å²) in [6, 6.07) is 9.31. The summed E-state index contributed by atoms with van der Waals surface area (Å²) in [4.78, 5) is 20.0. The fourth-order valence-electron chi connectivity index (χ4n) is 2.96. The molecule has 0 aliphatic carbocycles. The Hall–Kier alpha value is -2.15. The second-order valence-corrected chi connectivity index (χ2v) is 6.85. The van der Waals surface area contributed by atoms with Gasteiger partial charge in [0.05, 0.1) is 17.9 Å². The van der Waals surface area contributed by atoms with Crippen molar-refractivity contribution in [2.24, 2.45) is 0 Å². The highest BCUT2D eigenvalue weighted by molar-refractivity contribution is 9.10. The first-order chi connectivity index (χ1) is 12.1. The molecule has 3 rings (SSSR count). The minimum atomic E-state index is -0.331. The predicted molar refractivity (Wildman–Crippen MR) is 99.1 cm³/mol. The lowest BCUT2D eigenvalue weighted by Crippen LogP contribution is -2.52. The molecular weight excluding hydrogens is 387 g/mol. The standard InChI is InChI=1S/C18H20BrFN4O/c1-13(14-4-2-3-5-15(14)19)22-18(25)24-10-8-23(9-11-24)17-6-7-21-12-16(17)20/h2-7,12-13H,8-11H2,1H3,(H,22,25)/t13-/m1/s1. The summed E-state index contributed by atoms with van der Waals surface area (Å²) in [7, 11) is 0. The first-order valence-electron chi connectivity index (χ1n) is 8.20. The molecule has 0 bridgehead atoms. The largest absolute Gasteiger partial charge is 0.366 e. The van der Waals surface area contributed by atoms with E-state index in [4.69, 9.17) is 0 Å². The van der Waals surface area contributed by atoms with E-state index in [1.54, 1.807) is 17.2 Å². The van der Waals surface area contributed by atoms with Crippen molar-refractivity contribution < 1.29 is 9.18 Å². The second kappa shape index (κ2) is 7.82. The molecule has 2 aromatic rings. The van der Waals surface area contributed by atoms with Crippen LogP contribution in [0.25, 0.3) is 0 Å². The lowest BCUT2D eigenvalue weighted by Gasteiger charge is -2.36. The lowest BCUT2D eigenvalue weighted by atomic mass is 10.1. The highest BCUT2D eigenvalue weighted by Gasteiger charge is 2.24. The summed E-state index contributed by atoms with van der Waals surface area (Å²) < 4.78 is 14.8. The Morgan fingerprint density at radius 2 is 1.96 bits per heavy atom. The molecule has 2 amide bonds. The van der Waals surface area contributed by atoms with E-state index in [0.29, 0.717) is 31.9 Å². The summed E-state index contributed by atoms with van der Waals surface area (Å²) in [6.07, 6.45) is 2.80. The average molecular weight is 407 g/mol. The number of rotatable bonds is 3. The van der Waals surface area contributed by atoms with Gasteiger partial charge in [-0.1, -0.05) is 34.1 Å². The zero-order chi connectivity index (χ0) is 17.8. The van der Waals surface area contributed by atoms with Gasteiger partial charge in [0.15, 0.2) is 5.82 Å². The Morgan fingerprint density at radius 3 is 2.64 bits per heavy atom. The van der Waals surface area contributed by atoms with Gasteiger partial charge in [0.1, 0.15) is 0 Å². The topological polar surface area (TPSA) is 48.5 Å². The van der Waals surface area contributed by atoms with Gasteiger partial charge < -0.3 is 15.1 Å². The second-order valence-electron chi connectivity index (χ2n) is 5.99. The predicted octanol–water partition coefficient (Wildman–Crippen LogP) is 3.58. The minimum absolute atomic E-state index is 0.0984. The Balaban J connectivity index is 1.57. The Labute approximate surface area is 155 Å². The number of hydrogen-bond donors (Lipinski definition) is 1. The molecule has 1 atom stereocenters. The van der Waals surface area contributed by atoms with E-state index in [9.17, 15) is 9.18 Å². The molecule has 0 spiro atoms. The number of piperazine rings is 1. The molecule has 2 heterocycles. The molecule has 0 radical (unpaired) electrons. The zero-order valence-electron chi connectivity index (χ0n) is 14.0. The van der Waals surface area contributed by atoms with Gasteiger partial charge in [0.2, 0.25) is 0 Å². The van der Waals surface area contributed by atoms with Crippen LogP contribution in [0.5, 0.6) is 0 Å². The first kappa shape index (κ1) is 17.7. The molecule has 1 aromatic carbocycles. The van der Waals surface area contributed by atoms with Gasteiger partial charge >= 0.3 is 6.03 Å². The highest BCUT2D eigenvalue weighted by atomic mass is 79.9. The minimum Gasteiger partial charge on any atom is -0.366 e. The molecule has 132 valence electrons. The van der Waals surface area contributed by atoms with Crippen LogP contribution >= 0.6 is 15.9 Å². The number of carbonyl (C=O) groups is 1. The van der Waals surface area contributed by atoms with Crippen molar-refractivity contribution in [3.8, 4) is 0 Å². The number of carbonyl (C=O) groups excluding carboxylic acids is 1. The van der Waals surface area contributed by atoms with Gasteiger partial charge in [0, 0.05) is 36.8 Å². The number of urea groups is 1. The smallest absolute Gasteiger partial charge is 0.317 e. The van der Waals surface area contributed by atoms with Crippen LogP contribution in [0.2, 0.25) is 0 Å². The third-order valence-electron chi connectivity index (χ3n) is 4.37. The monoisotopic (exact) mass is 406 g/mol. The van der Waals surface area contributed by atoms with Crippen LogP contribution in [0, 0.1) is 5.82 Å². The quantitative estimate of drug-likeness (QED) is 0.847. The van der Waals surface area contributed by atoms with Gasteiger partial charge in [0.25, 0.3) is 0 Å². The SMILES string of the molecule is C[C@@H](NC(=O)N1CCN(c2ccncc2F)CC1)c1ccccc1Br. The van der Waals surface area contributed by atoms with E-state index in [1.807, 2.05) is 36.1 Å². The van der Waals surface area contributed by atoms with Gasteiger partial charge in [-0.3, -0.25) is 4.98 Å². The number of hydrogen-bond acceptors (Lipinski definition) is 3. The number of amides is 2. The Bertz CT molecular complexity index is 749. The number of benzene rings is 1. The van der Waals surface area contributed by atoms with Gasteiger partial charge in [-0.25, -0.2) is 9.18 Å². The van der Waals surface area contributed by atoms with Crippen LogP contribution in [0.4, 0.5) is 14.9 Å². The van der Waals surface area contributed by atoms with E-state index in [1.165, 1.54) is 6.20 Å². The normalized spacial score (nSPS) is 15.8. The van der Waals surface area contributed by atoms with E-state index >= 15 is 0 Å². The fourth-order valence-corrected chi connectivity index (χ4v) is 3.58. The summed E-state index contributed by atoms with van der Waals surface area (Å²) >= 11 is 3.51. The van der Waals surface area contributed by atoms with Crippen molar-refractivity contribution >= 4 is 27.6 Å². The van der Waals surface area contributed by atoms with Crippen LogP contribution in [-0.2, 0) is 0 Å². The maximum Gasteiger partial charge on any atom is 0.317 e. The molecule has 1 aliphatic rings. The van der Waals surface area contributed by atoms with Crippen molar-refractivity contribution in [1.82, 2.24) is 15.2 Å². The van der Waals surface area contributed by atoms with Gasteiger partial charge in [-0.2, -0.15) is 0 Å². The Morgan fingerprint density at radius 1 is 1.24 bits per heavy atom. The molecular formula is C18H20BrFN4O. The van der Waals surface area contributed by atoms with Crippen molar-refractivity contribution in [3.63, 3.8) is 0 Å². The van der Waals surface area contributed by atoms with Crippen LogP contribution in [0.1, 0.15) is 18.5 Å². The van der Waals surface area contributed by atoms with Crippen LogP contribution in [0.15, 0.2) is 47.2 Å². The molecule has 5 nitrogen and oxygen atoms in total. The summed E-state index contributed by atoms with van der Waals surface area (Å²) in [5.74, 6) is -0.331. The number of aromatic nitrogens is 1. The number of anilines is 1. The van der Waals surface area contributed by atoms with Crippen molar-refractivity contribution in [2.45, 2.75) is 13.0 Å². The molecule has 0 unspecified atom stereocenters. The highest BCUT2D eigenvalue weighted by Crippen LogP contribution is 2.23. The molecule has 7 heteroatoms. The summed E-state index contributed by atoms with van der Waals surface area (Å²) in [5, 5.41) is 3.03. The van der Waals surface area contributed by atoms with Crippen LogP contribution < -0.4 is 10.2 Å². The summed E-state index contributed by atoms with van der Waals surface area (Å²) in [5.41, 5.74) is 1.57. The third kappa shape index (κ3) is 4.10. The molecule has 1 saturated heterocycles. The molecule has 1 N–H and O–H groups in total. The van der Waals surface area contributed by atoms with E-state index in [2.05, 4.69) is 26.2 Å². The van der Waals surface area contributed by atoms with Crippen LogP contribution in [0.3, 0.4) is 0 Å². The maximum atomic E-state index is 13.8. The number of pyridine rings is 1. The van der Waals surface area contributed by atoms with Gasteiger partial charge in [-0.15, -0.1) is 0 Å². The summed E-state index contributed by atoms with van der Waals surface area (Å²) in [6.45, 7) is 4.25. The fraction of sp³-hybridized carbons (Fsp3) is 0.333. The van der Waals surface area contributed by atoms with E-state index in [-0.39, 0.29) is 17.9 Å². The number of nitrogens with zero attached hydrogens (tertiary/aromatic N) is 3. The molecule has 0 saturated carbocycles. The zero-order valence-corrected chi connectivity index (χ0v) is 15.5. The third-order valence-corrected chi connectivity index (χ3v) is 5.09. The molecule has 1 fully saturated rings. The van der Waals surface area contributed by atoms with Crippen molar-refractivity contribution in [3.05, 3.63) is 58.6 Å². The Kier molecular flexibility index (Phi) is 5.53. The van der Waals surface area contributed by atoms with Crippen molar-refractivity contribution in [2.75, 3.05) is 31.1 Å². The first-order valence-corrected chi connectivity index (χ1v) is 9.00. The van der Waals surface area contributed by atoms with E-state index < -0.39 is 0 Å². The number of halogens is 2. The molecule has 1 aromatic heterocycles. The van der Waals surface area contributed by atoms with Crippen LogP contribution in [-0.4, -0.2) is 42.1 Å². The molecule has 1 aliphatic heterocycles. The number of nitrogens with one attached hydrogen (secondary N) is 1. The maximum absolute atomic E-state index is 13.8.